The zero-order chi connectivity index (χ0) is 14.4. The molecule has 0 fully saturated rings. The molecular weight excluding hydrogens is 270 g/mol. The van der Waals surface area contributed by atoms with Gasteiger partial charge in [-0.2, -0.15) is 0 Å². The van der Waals surface area contributed by atoms with E-state index in [4.69, 9.17) is 4.74 Å². The number of ether oxygens (including phenoxy) is 1. The van der Waals surface area contributed by atoms with E-state index in [1.54, 1.807) is 31.4 Å². The Kier molecular flexibility index (Phi) is 5.07. The molecule has 1 amide bonds. The van der Waals surface area contributed by atoms with Crippen molar-refractivity contribution in [2.75, 3.05) is 13.7 Å². The van der Waals surface area contributed by atoms with Gasteiger partial charge >= 0.3 is 0 Å². The Morgan fingerprint density at radius 1 is 1.20 bits per heavy atom. The van der Waals surface area contributed by atoms with Crippen LogP contribution in [0.15, 0.2) is 53.4 Å². The Morgan fingerprint density at radius 2 is 1.95 bits per heavy atom. The lowest BCUT2D eigenvalue weighted by Gasteiger charge is -2.07. The van der Waals surface area contributed by atoms with Gasteiger partial charge in [-0.3, -0.25) is 4.79 Å². The molecule has 0 aliphatic carbocycles. The van der Waals surface area contributed by atoms with Crippen molar-refractivity contribution in [3.63, 3.8) is 0 Å². The molecular formula is C16H17NO2S. The molecule has 0 aliphatic rings. The number of carbonyl (C=O) groups is 1. The molecule has 2 aromatic rings. The molecule has 0 atom stereocenters. The minimum absolute atomic E-state index is 0.0683. The third-order valence-electron chi connectivity index (χ3n) is 2.96. The summed E-state index contributed by atoms with van der Waals surface area (Å²) < 4.78 is 5.17. The van der Waals surface area contributed by atoms with Gasteiger partial charge in [-0.15, -0.1) is 12.6 Å². The Bertz CT molecular complexity index is 581. The van der Waals surface area contributed by atoms with Gasteiger partial charge in [-0.05, 0) is 48.4 Å². The van der Waals surface area contributed by atoms with Crippen LogP contribution in [0.5, 0.6) is 5.75 Å². The molecule has 104 valence electrons. The third-order valence-corrected chi connectivity index (χ3v) is 3.26. The molecule has 0 radical (unpaired) electrons. The van der Waals surface area contributed by atoms with Crippen LogP contribution in [-0.4, -0.2) is 19.6 Å². The summed E-state index contributed by atoms with van der Waals surface area (Å²) in [5.74, 6) is 0.763. The van der Waals surface area contributed by atoms with Crippen LogP contribution in [-0.2, 0) is 6.42 Å². The first kappa shape index (κ1) is 14.5. The lowest BCUT2D eigenvalue weighted by Crippen LogP contribution is -2.25. The lowest BCUT2D eigenvalue weighted by molar-refractivity contribution is 0.0954. The first-order valence-electron chi connectivity index (χ1n) is 6.39. The van der Waals surface area contributed by atoms with Gasteiger partial charge in [0.05, 0.1) is 7.11 Å². The normalized spacial score (nSPS) is 10.1. The fraction of sp³-hybridized carbons (Fsp3) is 0.188. The van der Waals surface area contributed by atoms with Crippen molar-refractivity contribution < 1.29 is 9.53 Å². The van der Waals surface area contributed by atoms with Crippen LogP contribution in [0.25, 0.3) is 0 Å². The zero-order valence-electron chi connectivity index (χ0n) is 11.3. The molecule has 0 saturated carbocycles. The van der Waals surface area contributed by atoms with Gasteiger partial charge < -0.3 is 10.1 Å². The first-order chi connectivity index (χ1) is 9.69. The molecule has 0 aromatic heterocycles. The quantitative estimate of drug-likeness (QED) is 0.830. The predicted molar refractivity (Wildman–Crippen MR) is 82.7 cm³/mol. The van der Waals surface area contributed by atoms with Crippen molar-refractivity contribution in [2.45, 2.75) is 11.3 Å². The van der Waals surface area contributed by atoms with Gasteiger partial charge in [0, 0.05) is 17.0 Å². The smallest absolute Gasteiger partial charge is 0.251 e. The fourth-order valence-electron chi connectivity index (χ4n) is 1.86. The Morgan fingerprint density at radius 3 is 2.65 bits per heavy atom. The number of hydrogen-bond donors (Lipinski definition) is 2. The third kappa shape index (κ3) is 4.03. The van der Waals surface area contributed by atoms with E-state index in [1.807, 2.05) is 24.3 Å². The molecule has 0 spiro atoms. The second-order valence-electron chi connectivity index (χ2n) is 4.40. The number of rotatable bonds is 5. The maximum atomic E-state index is 11.9. The molecule has 2 rings (SSSR count). The highest BCUT2D eigenvalue weighted by molar-refractivity contribution is 7.80. The van der Waals surface area contributed by atoms with Crippen molar-refractivity contribution in [3.8, 4) is 5.75 Å². The zero-order valence-corrected chi connectivity index (χ0v) is 12.2. The summed E-state index contributed by atoms with van der Waals surface area (Å²) >= 11 is 4.19. The largest absolute Gasteiger partial charge is 0.497 e. The maximum Gasteiger partial charge on any atom is 0.251 e. The molecule has 0 heterocycles. The predicted octanol–water partition coefficient (Wildman–Crippen LogP) is 2.96. The number of benzene rings is 2. The topological polar surface area (TPSA) is 38.3 Å². The van der Waals surface area contributed by atoms with Gasteiger partial charge in [0.15, 0.2) is 0 Å². The molecule has 1 N–H and O–H groups in total. The summed E-state index contributed by atoms with van der Waals surface area (Å²) in [6.07, 6.45) is 0.771. The number of nitrogens with one attached hydrogen (secondary N) is 1. The molecule has 2 aromatic carbocycles. The van der Waals surface area contributed by atoms with Crippen LogP contribution < -0.4 is 10.1 Å². The Labute approximate surface area is 124 Å². The summed E-state index contributed by atoms with van der Waals surface area (Å²) in [5, 5.41) is 2.90. The SMILES string of the molecule is COc1cccc(CCNC(=O)c2ccc(S)cc2)c1. The van der Waals surface area contributed by atoms with Gasteiger partial charge in [-0.1, -0.05) is 12.1 Å². The lowest BCUT2D eigenvalue weighted by atomic mass is 10.1. The van der Waals surface area contributed by atoms with Crippen molar-refractivity contribution in [1.82, 2.24) is 5.32 Å². The monoisotopic (exact) mass is 287 g/mol. The second kappa shape index (κ2) is 7.01. The molecule has 4 heteroatoms. The highest BCUT2D eigenvalue weighted by Gasteiger charge is 2.04. The van der Waals surface area contributed by atoms with E-state index in [0.717, 1.165) is 22.6 Å². The molecule has 0 unspecified atom stereocenters. The summed E-state index contributed by atoms with van der Waals surface area (Å²) in [5.41, 5.74) is 1.78. The van der Waals surface area contributed by atoms with Gasteiger partial charge in [0.2, 0.25) is 0 Å². The van der Waals surface area contributed by atoms with E-state index in [1.165, 1.54) is 0 Å². The number of carbonyl (C=O) groups excluding carboxylic acids is 1. The van der Waals surface area contributed by atoms with E-state index in [9.17, 15) is 4.79 Å². The van der Waals surface area contributed by atoms with Crippen LogP contribution in [0.1, 0.15) is 15.9 Å². The molecule has 0 bridgehead atoms. The number of amides is 1. The van der Waals surface area contributed by atoms with E-state index in [0.29, 0.717) is 12.1 Å². The van der Waals surface area contributed by atoms with Crippen LogP contribution >= 0.6 is 12.6 Å². The molecule has 20 heavy (non-hydrogen) atoms. The van der Waals surface area contributed by atoms with Gasteiger partial charge in [-0.25, -0.2) is 0 Å². The van der Waals surface area contributed by atoms with Crippen molar-refractivity contribution in [2.24, 2.45) is 0 Å². The summed E-state index contributed by atoms with van der Waals surface area (Å²) in [7, 11) is 1.64. The van der Waals surface area contributed by atoms with Crippen LogP contribution in [0, 0.1) is 0 Å². The highest BCUT2D eigenvalue weighted by Crippen LogP contribution is 2.12. The number of hydrogen-bond acceptors (Lipinski definition) is 3. The van der Waals surface area contributed by atoms with Crippen molar-refractivity contribution >= 4 is 18.5 Å². The van der Waals surface area contributed by atoms with Crippen LogP contribution in [0.4, 0.5) is 0 Å². The van der Waals surface area contributed by atoms with E-state index in [2.05, 4.69) is 17.9 Å². The maximum absolute atomic E-state index is 11.9. The molecule has 0 aliphatic heterocycles. The minimum Gasteiger partial charge on any atom is -0.497 e. The van der Waals surface area contributed by atoms with Crippen molar-refractivity contribution in [3.05, 3.63) is 59.7 Å². The van der Waals surface area contributed by atoms with Gasteiger partial charge in [0.25, 0.3) is 5.91 Å². The van der Waals surface area contributed by atoms with E-state index in [-0.39, 0.29) is 5.91 Å². The number of methoxy groups -OCH3 is 1. The Hall–Kier alpha value is -1.94. The summed E-state index contributed by atoms with van der Waals surface area (Å²) in [6.45, 7) is 0.592. The number of thiol groups is 1. The summed E-state index contributed by atoms with van der Waals surface area (Å²) in [6, 6.07) is 15.0. The molecule has 0 saturated heterocycles. The summed E-state index contributed by atoms with van der Waals surface area (Å²) in [4.78, 5) is 12.8. The van der Waals surface area contributed by atoms with Crippen molar-refractivity contribution in [1.29, 1.82) is 0 Å². The van der Waals surface area contributed by atoms with E-state index >= 15 is 0 Å². The van der Waals surface area contributed by atoms with E-state index < -0.39 is 0 Å². The first-order valence-corrected chi connectivity index (χ1v) is 6.84. The molecule has 3 nitrogen and oxygen atoms in total. The second-order valence-corrected chi connectivity index (χ2v) is 4.92. The van der Waals surface area contributed by atoms with Gasteiger partial charge in [0.1, 0.15) is 5.75 Å². The van der Waals surface area contributed by atoms with Crippen LogP contribution in [0.3, 0.4) is 0 Å². The standard InChI is InChI=1S/C16H17NO2S/c1-19-14-4-2-3-12(11-14)9-10-17-16(18)13-5-7-15(20)8-6-13/h2-8,11,20H,9-10H2,1H3,(H,17,18). The highest BCUT2D eigenvalue weighted by atomic mass is 32.1. The average Bonchev–Trinajstić information content (AvgIpc) is 2.48. The van der Waals surface area contributed by atoms with Crippen LogP contribution in [0.2, 0.25) is 0 Å². The minimum atomic E-state index is -0.0683. The fourth-order valence-corrected chi connectivity index (χ4v) is 2.01. The average molecular weight is 287 g/mol. The Balaban J connectivity index is 1.86.